The normalized spacial score (nSPS) is 10.9. The van der Waals surface area contributed by atoms with E-state index >= 15 is 0 Å². The van der Waals surface area contributed by atoms with Crippen LogP contribution in [0, 0.1) is 20.8 Å². The summed E-state index contributed by atoms with van der Waals surface area (Å²) in [7, 11) is 0. The van der Waals surface area contributed by atoms with Gasteiger partial charge in [0.25, 0.3) is 5.91 Å². The highest BCUT2D eigenvalue weighted by Gasteiger charge is 2.14. The van der Waals surface area contributed by atoms with Gasteiger partial charge in [-0.15, -0.1) is 0 Å². The molecule has 1 aromatic carbocycles. The number of hydrogen-bond donors (Lipinski definition) is 1. The van der Waals surface area contributed by atoms with E-state index in [9.17, 15) is 4.79 Å². The number of aromatic nitrogens is 5. The molecule has 0 saturated heterocycles. The third kappa shape index (κ3) is 3.03. The molecular formula is C20H18N6O. The van der Waals surface area contributed by atoms with Crippen molar-refractivity contribution in [2.75, 3.05) is 5.32 Å². The number of carbonyl (C=O) groups is 1. The molecule has 0 bridgehead atoms. The third-order valence-electron chi connectivity index (χ3n) is 4.50. The van der Waals surface area contributed by atoms with Crippen LogP contribution in [-0.2, 0) is 0 Å². The van der Waals surface area contributed by atoms with Gasteiger partial charge in [-0.05, 0) is 32.2 Å². The van der Waals surface area contributed by atoms with Gasteiger partial charge < -0.3 is 5.32 Å². The van der Waals surface area contributed by atoms with Crippen molar-refractivity contribution in [3.8, 4) is 5.95 Å². The van der Waals surface area contributed by atoms with Crippen LogP contribution in [0.1, 0.15) is 27.7 Å². The Morgan fingerprint density at radius 2 is 1.74 bits per heavy atom. The molecule has 0 aliphatic rings. The number of hydrogen-bond acceptors (Lipinski definition) is 5. The van der Waals surface area contributed by atoms with E-state index in [1.165, 1.54) is 0 Å². The maximum Gasteiger partial charge on any atom is 0.274 e. The molecule has 3 heterocycles. The van der Waals surface area contributed by atoms with Crippen LogP contribution in [0.4, 0.5) is 5.69 Å². The van der Waals surface area contributed by atoms with Gasteiger partial charge in [0.05, 0.1) is 23.8 Å². The van der Waals surface area contributed by atoms with Crippen molar-refractivity contribution in [1.82, 2.24) is 24.5 Å². The van der Waals surface area contributed by atoms with Crippen LogP contribution in [0.25, 0.3) is 16.7 Å². The topological polar surface area (TPSA) is 85.6 Å². The number of imidazole rings is 1. The number of pyridine rings is 1. The summed E-state index contributed by atoms with van der Waals surface area (Å²) in [5.74, 6) is 1.04. The SMILES string of the molecule is Cc1nc(C)n(-c2ncc(NC(=O)c3nccc4ccccc34)cn2)c1C. The van der Waals surface area contributed by atoms with Crippen LogP contribution < -0.4 is 5.32 Å². The van der Waals surface area contributed by atoms with Gasteiger partial charge in [-0.25, -0.2) is 15.0 Å². The molecule has 0 unspecified atom stereocenters. The summed E-state index contributed by atoms with van der Waals surface area (Å²) in [4.78, 5) is 30.0. The summed E-state index contributed by atoms with van der Waals surface area (Å²) in [5.41, 5.74) is 2.81. The maximum absolute atomic E-state index is 12.7. The highest BCUT2D eigenvalue weighted by atomic mass is 16.1. The van der Waals surface area contributed by atoms with E-state index in [0.29, 0.717) is 17.3 Å². The van der Waals surface area contributed by atoms with Crippen molar-refractivity contribution in [1.29, 1.82) is 0 Å². The minimum Gasteiger partial charge on any atom is -0.318 e. The number of fused-ring (bicyclic) bond motifs is 1. The molecule has 0 aliphatic carbocycles. The van der Waals surface area contributed by atoms with E-state index in [0.717, 1.165) is 28.0 Å². The van der Waals surface area contributed by atoms with Gasteiger partial charge in [-0.3, -0.25) is 14.3 Å². The lowest BCUT2D eigenvalue weighted by Gasteiger charge is -2.09. The van der Waals surface area contributed by atoms with Gasteiger partial charge in [0.2, 0.25) is 5.95 Å². The second-order valence-corrected chi connectivity index (χ2v) is 6.27. The molecule has 0 atom stereocenters. The van der Waals surface area contributed by atoms with Crippen LogP contribution in [0.5, 0.6) is 0 Å². The number of carbonyl (C=O) groups excluding carboxylic acids is 1. The van der Waals surface area contributed by atoms with Crippen LogP contribution in [0.15, 0.2) is 48.9 Å². The number of aryl methyl sites for hydroxylation is 2. The molecule has 4 aromatic rings. The number of amides is 1. The first-order valence-electron chi connectivity index (χ1n) is 8.54. The van der Waals surface area contributed by atoms with Gasteiger partial charge >= 0.3 is 0 Å². The molecule has 1 N–H and O–H groups in total. The first-order valence-corrected chi connectivity index (χ1v) is 8.54. The standard InChI is InChI=1S/C20H18N6O/c1-12-13(2)26(14(3)24-12)20-22-10-16(11-23-20)25-19(27)18-17-7-5-4-6-15(17)8-9-21-18/h4-11H,1-3H3,(H,25,27). The van der Waals surface area contributed by atoms with Crippen molar-refractivity contribution >= 4 is 22.4 Å². The zero-order valence-corrected chi connectivity index (χ0v) is 15.3. The van der Waals surface area contributed by atoms with Gasteiger partial charge in [-0.2, -0.15) is 0 Å². The Labute approximate surface area is 156 Å². The van der Waals surface area contributed by atoms with Crippen molar-refractivity contribution < 1.29 is 4.79 Å². The molecule has 0 spiro atoms. The molecule has 0 aliphatic heterocycles. The number of nitrogens with one attached hydrogen (secondary N) is 1. The Morgan fingerprint density at radius 3 is 2.44 bits per heavy atom. The highest BCUT2D eigenvalue weighted by molar-refractivity contribution is 6.11. The van der Waals surface area contributed by atoms with Gasteiger partial charge in [0, 0.05) is 17.3 Å². The third-order valence-corrected chi connectivity index (χ3v) is 4.50. The monoisotopic (exact) mass is 358 g/mol. The molecule has 0 fully saturated rings. The van der Waals surface area contributed by atoms with Crippen LogP contribution >= 0.6 is 0 Å². The van der Waals surface area contributed by atoms with E-state index < -0.39 is 0 Å². The fourth-order valence-corrected chi connectivity index (χ4v) is 3.06. The summed E-state index contributed by atoms with van der Waals surface area (Å²) >= 11 is 0. The lowest BCUT2D eigenvalue weighted by atomic mass is 10.1. The predicted octanol–water partition coefficient (Wildman–Crippen LogP) is 3.39. The fourth-order valence-electron chi connectivity index (χ4n) is 3.06. The first-order chi connectivity index (χ1) is 13.0. The lowest BCUT2D eigenvalue weighted by molar-refractivity contribution is 0.102. The van der Waals surface area contributed by atoms with E-state index in [-0.39, 0.29) is 5.91 Å². The number of anilines is 1. The zero-order chi connectivity index (χ0) is 19.0. The van der Waals surface area contributed by atoms with Crippen molar-refractivity contribution in [3.63, 3.8) is 0 Å². The maximum atomic E-state index is 12.7. The van der Waals surface area contributed by atoms with E-state index in [1.54, 1.807) is 18.6 Å². The average Bonchev–Trinajstić information content (AvgIpc) is 2.94. The lowest BCUT2D eigenvalue weighted by Crippen LogP contribution is -2.15. The summed E-state index contributed by atoms with van der Waals surface area (Å²) in [6.07, 6.45) is 4.79. The molecule has 134 valence electrons. The quantitative estimate of drug-likeness (QED) is 0.607. The minimum atomic E-state index is -0.297. The second kappa shape index (κ2) is 6.60. The summed E-state index contributed by atoms with van der Waals surface area (Å²) in [6, 6.07) is 9.52. The highest BCUT2D eigenvalue weighted by Crippen LogP contribution is 2.18. The van der Waals surface area contributed by atoms with Crippen molar-refractivity contribution in [3.05, 3.63) is 71.8 Å². The van der Waals surface area contributed by atoms with Crippen LogP contribution in [0.2, 0.25) is 0 Å². The number of rotatable bonds is 3. The van der Waals surface area contributed by atoms with E-state index in [2.05, 4.69) is 25.3 Å². The van der Waals surface area contributed by atoms with Crippen molar-refractivity contribution in [2.45, 2.75) is 20.8 Å². The smallest absolute Gasteiger partial charge is 0.274 e. The minimum absolute atomic E-state index is 0.297. The van der Waals surface area contributed by atoms with E-state index in [1.807, 2.05) is 55.7 Å². The van der Waals surface area contributed by atoms with E-state index in [4.69, 9.17) is 0 Å². The number of benzene rings is 1. The van der Waals surface area contributed by atoms with Gasteiger partial charge in [0.1, 0.15) is 11.5 Å². The molecule has 3 aromatic heterocycles. The summed E-state index contributed by atoms with van der Waals surface area (Å²) in [6.45, 7) is 5.83. The second-order valence-electron chi connectivity index (χ2n) is 6.27. The van der Waals surface area contributed by atoms with Gasteiger partial charge in [0.15, 0.2) is 0 Å². The Hall–Kier alpha value is -3.61. The largest absolute Gasteiger partial charge is 0.318 e. The molecule has 4 rings (SSSR count). The first kappa shape index (κ1) is 16.8. The molecule has 7 heteroatoms. The van der Waals surface area contributed by atoms with Crippen LogP contribution in [-0.4, -0.2) is 30.4 Å². The summed E-state index contributed by atoms with van der Waals surface area (Å²) in [5, 5.41) is 4.58. The van der Waals surface area contributed by atoms with Crippen LogP contribution in [0.3, 0.4) is 0 Å². The summed E-state index contributed by atoms with van der Waals surface area (Å²) < 4.78 is 1.88. The molecule has 7 nitrogen and oxygen atoms in total. The Morgan fingerprint density at radius 1 is 1.00 bits per heavy atom. The Kier molecular flexibility index (Phi) is 4.12. The molecule has 0 radical (unpaired) electrons. The molecular weight excluding hydrogens is 340 g/mol. The fraction of sp³-hybridized carbons (Fsp3) is 0.150. The number of nitrogens with zero attached hydrogens (tertiary/aromatic N) is 5. The molecule has 1 amide bonds. The Balaban J connectivity index is 1.61. The van der Waals surface area contributed by atoms with Crippen molar-refractivity contribution in [2.24, 2.45) is 0 Å². The van der Waals surface area contributed by atoms with Gasteiger partial charge in [-0.1, -0.05) is 24.3 Å². The zero-order valence-electron chi connectivity index (χ0n) is 15.3. The molecule has 0 saturated carbocycles. The average molecular weight is 358 g/mol. The predicted molar refractivity (Wildman–Crippen MR) is 103 cm³/mol. The molecule has 27 heavy (non-hydrogen) atoms. The Bertz CT molecular complexity index is 1140.